The monoisotopic (exact) mass is 173 g/mol. The number of likely N-dealkylation sites (tertiary alicyclic amines) is 1. The van der Waals surface area contributed by atoms with Crippen molar-refractivity contribution in [3.63, 3.8) is 0 Å². The van der Waals surface area contributed by atoms with Crippen LogP contribution in [0.4, 0.5) is 0 Å². The number of hydrogen-bond donors (Lipinski definition) is 1. The van der Waals surface area contributed by atoms with E-state index in [0.29, 0.717) is 12.1 Å². The summed E-state index contributed by atoms with van der Waals surface area (Å²) >= 11 is 0. The Morgan fingerprint density at radius 2 is 2.33 bits per heavy atom. The molecule has 1 saturated heterocycles. The first-order valence-corrected chi connectivity index (χ1v) is 4.70. The molecule has 0 amide bonds. The van der Waals surface area contributed by atoms with Crippen molar-refractivity contribution in [2.24, 2.45) is 0 Å². The van der Waals surface area contributed by atoms with Gasteiger partial charge in [0.2, 0.25) is 0 Å². The van der Waals surface area contributed by atoms with Crippen molar-refractivity contribution >= 4 is 0 Å². The van der Waals surface area contributed by atoms with Crippen molar-refractivity contribution in [1.29, 1.82) is 0 Å². The highest BCUT2D eigenvalue weighted by Gasteiger charge is 2.27. The lowest BCUT2D eigenvalue weighted by atomic mass is 10.0. The molecule has 0 saturated carbocycles. The van der Waals surface area contributed by atoms with Gasteiger partial charge in [0.1, 0.15) is 0 Å². The van der Waals surface area contributed by atoms with E-state index in [1.165, 1.54) is 6.42 Å². The summed E-state index contributed by atoms with van der Waals surface area (Å²) in [6.45, 7) is 7.10. The number of β-amino-alcohol motifs (C(OH)–C–C–N with tert-alkyl or cyclic N) is 1. The molecule has 1 rings (SSSR count). The van der Waals surface area contributed by atoms with Crippen molar-refractivity contribution in [2.45, 2.75) is 32.4 Å². The Balaban J connectivity index is 2.08. The van der Waals surface area contributed by atoms with Gasteiger partial charge >= 0.3 is 0 Å². The fourth-order valence-corrected chi connectivity index (χ4v) is 1.41. The molecular formula is C9H19NO2. The molecule has 1 aliphatic heterocycles. The molecule has 0 bridgehead atoms. The molecule has 1 atom stereocenters. The second-order valence-corrected chi connectivity index (χ2v) is 3.58. The lowest BCUT2D eigenvalue weighted by Gasteiger charge is -2.40. The summed E-state index contributed by atoms with van der Waals surface area (Å²) in [4.78, 5) is 2.27. The minimum atomic E-state index is 0.262. The maximum atomic E-state index is 8.71. The summed E-state index contributed by atoms with van der Waals surface area (Å²) in [5.41, 5.74) is 0. The van der Waals surface area contributed by atoms with Crippen molar-refractivity contribution in [1.82, 2.24) is 4.90 Å². The molecule has 1 unspecified atom stereocenters. The summed E-state index contributed by atoms with van der Waals surface area (Å²) in [6, 6.07) is 0.555. The van der Waals surface area contributed by atoms with E-state index in [-0.39, 0.29) is 6.61 Å². The SMILES string of the molecule is CC(C)OCC1CCN1CCO. The van der Waals surface area contributed by atoms with Gasteiger partial charge < -0.3 is 9.84 Å². The summed E-state index contributed by atoms with van der Waals surface area (Å²) in [5, 5.41) is 8.71. The molecular weight excluding hydrogens is 154 g/mol. The molecule has 1 aliphatic rings. The third kappa shape index (κ3) is 2.73. The van der Waals surface area contributed by atoms with E-state index in [2.05, 4.69) is 18.7 Å². The van der Waals surface area contributed by atoms with Crippen molar-refractivity contribution in [2.75, 3.05) is 26.3 Å². The molecule has 0 aliphatic carbocycles. The quantitative estimate of drug-likeness (QED) is 0.656. The van der Waals surface area contributed by atoms with E-state index < -0.39 is 0 Å². The van der Waals surface area contributed by atoms with Crippen LogP contribution in [-0.2, 0) is 4.74 Å². The zero-order valence-corrected chi connectivity index (χ0v) is 7.99. The molecule has 72 valence electrons. The molecule has 0 radical (unpaired) electrons. The molecule has 1 fully saturated rings. The Morgan fingerprint density at radius 3 is 2.75 bits per heavy atom. The molecule has 0 aromatic rings. The molecule has 1 heterocycles. The minimum Gasteiger partial charge on any atom is -0.395 e. The third-order valence-electron chi connectivity index (χ3n) is 2.28. The van der Waals surface area contributed by atoms with Gasteiger partial charge in [0.15, 0.2) is 0 Å². The Bertz CT molecular complexity index is 128. The van der Waals surface area contributed by atoms with E-state index in [1.807, 2.05) is 0 Å². The normalized spacial score (nSPS) is 24.5. The van der Waals surface area contributed by atoms with Gasteiger partial charge in [0.25, 0.3) is 0 Å². The molecule has 12 heavy (non-hydrogen) atoms. The van der Waals surface area contributed by atoms with Crippen molar-refractivity contribution in [3.8, 4) is 0 Å². The second kappa shape index (κ2) is 4.80. The van der Waals surface area contributed by atoms with Crippen LogP contribution in [0.2, 0.25) is 0 Å². The highest BCUT2D eigenvalue weighted by molar-refractivity contribution is 4.82. The first-order chi connectivity index (χ1) is 5.74. The van der Waals surface area contributed by atoms with Gasteiger partial charge in [-0.3, -0.25) is 4.90 Å². The number of ether oxygens (including phenoxy) is 1. The minimum absolute atomic E-state index is 0.262. The van der Waals surface area contributed by atoms with Gasteiger partial charge in [0, 0.05) is 19.1 Å². The molecule has 0 spiro atoms. The third-order valence-corrected chi connectivity index (χ3v) is 2.28. The van der Waals surface area contributed by atoms with Gasteiger partial charge in [0.05, 0.1) is 19.3 Å². The summed E-state index contributed by atoms with van der Waals surface area (Å²) in [7, 11) is 0. The number of aliphatic hydroxyl groups excluding tert-OH is 1. The molecule has 0 aromatic carbocycles. The Morgan fingerprint density at radius 1 is 1.58 bits per heavy atom. The number of hydrogen-bond acceptors (Lipinski definition) is 3. The average Bonchev–Trinajstić information content (AvgIpc) is 1.98. The number of nitrogens with zero attached hydrogens (tertiary/aromatic N) is 1. The smallest absolute Gasteiger partial charge is 0.0625 e. The largest absolute Gasteiger partial charge is 0.395 e. The van der Waals surface area contributed by atoms with Crippen LogP contribution in [0.25, 0.3) is 0 Å². The van der Waals surface area contributed by atoms with Crippen LogP contribution in [0, 0.1) is 0 Å². The van der Waals surface area contributed by atoms with Gasteiger partial charge in [-0.15, -0.1) is 0 Å². The summed E-state index contributed by atoms with van der Waals surface area (Å²) in [5.74, 6) is 0. The number of aliphatic hydroxyl groups is 1. The zero-order valence-electron chi connectivity index (χ0n) is 7.99. The second-order valence-electron chi connectivity index (χ2n) is 3.58. The van der Waals surface area contributed by atoms with Gasteiger partial charge in [-0.05, 0) is 20.3 Å². The van der Waals surface area contributed by atoms with E-state index >= 15 is 0 Å². The predicted molar refractivity (Wildman–Crippen MR) is 48.2 cm³/mol. The van der Waals surface area contributed by atoms with Crippen LogP contribution in [0.1, 0.15) is 20.3 Å². The van der Waals surface area contributed by atoms with Crippen molar-refractivity contribution in [3.05, 3.63) is 0 Å². The summed E-state index contributed by atoms with van der Waals surface area (Å²) in [6.07, 6.45) is 1.54. The van der Waals surface area contributed by atoms with Crippen LogP contribution in [0.3, 0.4) is 0 Å². The Kier molecular flexibility index (Phi) is 3.98. The lowest BCUT2D eigenvalue weighted by Crippen LogP contribution is -2.51. The van der Waals surface area contributed by atoms with Crippen molar-refractivity contribution < 1.29 is 9.84 Å². The molecule has 0 aromatic heterocycles. The topological polar surface area (TPSA) is 32.7 Å². The molecule has 1 N–H and O–H groups in total. The first kappa shape index (κ1) is 9.96. The predicted octanol–water partition coefficient (Wildman–Crippen LogP) is 0.478. The lowest BCUT2D eigenvalue weighted by molar-refractivity contribution is -0.0226. The van der Waals surface area contributed by atoms with E-state index in [9.17, 15) is 0 Å². The molecule has 3 nitrogen and oxygen atoms in total. The Labute approximate surface area is 74.3 Å². The fourth-order valence-electron chi connectivity index (χ4n) is 1.41. The van der Waals surface area contributed by atoms with E-state index in [4.69, 9.17) is 9.84 Å². The van der Waals surface area contributed by atoms with E-state index in [1.54, 1.807) is 0 Å². The highest BCUT2D eigenvalue weighted by atomic mass is 16.5. The van der Waals surface area contributed by atoms with Gasteiger partial charge in [-0.1, -0.05) is 0 Å². The standard InChI is InChI=1S/C9H19NO2/c1-8(2)12-7-9-3-4-10(9)5-6-11/h8-9,11H,3-7H2,1-2H3. The van der Waals surface area contributed by atoms with Gasteiger partial charge in [-0.2, -0.15) is 0 Å². The maximum Gasteiger partial charge on any atom is 0.0625 e. The van der Waals surface area contributed by atoms with Gasteiger partial charge in [-0.25, -0.2) is 0 Å². The maximum absolute atomic E-state index is 8.71. The number of rotatable bonds is 5. The van der Waals surface area contributed by atoms with Crippen LogP contribution >= 0.6 is 0 Å². The fraction of sp³-hybridized carbons (Fsp3) is 1.00. The van der Waals surface area contributed by atoms with Crippen LogP contribution in [0.5, 0.6) is 0 Å². The van der Waals surface area contributed by atoms with Crippen LogP contribution < -0.4 is 0 Å². The first-order valence-electron chi connectivity index (χ1n) is 4.70. The zero-order chi connectivity index (χ0) is 8.97. The highest BCUT2D eigenvalue weighted by Crippen LogP contribution is 2.16. The molecule has 3 heteroatoms. The average molecular weight is 173 g/mol. The Hall–Kier alpha value is -0.120. The van der Waals surface area contributed by atoms with Crippen LogP contribution in [-0.4, -0.2) is 48.5 Å². The summed E-state index contributed by atoms with van der Waals surface area (Å²) < 4.78 is 5.50. The van der Waals surface area contributed by atoms with E-state index in [0.717, 1.165) is 19.7 Å². The van der Waals surface area contributed by atoms with Crippen LogP contribution in [0.15, 0.2) is 0 Å².